The molecule has 0 aliphatic carbocycles. The molecule has 138 valence electrons. The van der Waals surface area contributed by atoms with Gasteiger partial charge in [-0.3, -0.25) is 9.80 Å². The van der Waals surface area contributed by atoms with E-state index < -0.39 is 0 Å². The van der Waals surface area contributed by atoms with Crippen LogP contribution < -0.4 is 0 Å². The number of aliphatic hydroxyl groups excluding tert-OH is 1. The van der Waals surface area contributed by atoms with Crippen molar-refractivity contribution >= 4 is 11.8 Å². The third-order valence-corrected chi connectivity index (χ3v) is 6.64. The van der Waals surface area contributed by atoms with E-state index in [0.29, 0.717) is 6.04 Å². The van der Waals surface area contributed by atoms with Gasteiger partial charge in [-0.1, -0.05) is 35.5 Å². The zero-order valence-electron chi connectivity index (χ0n) is 15.1. The zero-order chi connectivity index (χ0) is 18.1. The van der Waals surface area contributed by atoms with E-state index in [4.69, 9.17) is 0 Å². The van der Waals surface area contributed by atoms with E-state index in [1.165, 1.54) is 21.6 Å². The highest BCUT2D eigenvalue weighted by Crippen LogP contribution is 2.43. The topological polar surface area (TPSA) is 26.7 Å². The van der Waals surface area contributed by atoms with Gasteiger partial charge in [0, 0.05) is 48.6 Å². The van der Waals surface area contributed by atoms with E-state index in [2.05, 4.69) is 34.9 Å². The number of piperazine rings is 1. The predicted octanol–water partition coefficient (Wildman–Crippen LogP) is 3.49. The molecule has 1 fully saturated rings. The molecule has 1 N–H and O–H groups in total. The number of aryl methyl sites for hydroxylation is 1. The molecule has 5 heteroatoms. The van der Waals surface area contributed by atoms with Crippen molar-refractivity contribution in [2.75, 3.05) is 39.3 Å². The number of β-amino-alcohol motifs (C(OH)–C–C–N with tert-alkyl or cyclic N) is 1. The van der Waals surface area contributed by atoms with Gasteiger partial charge in [0.15, 0.2) is 0 Å². The highest BCUT2D eigenvalue weighted by atomic mass is 32.2. The number of aliphatic hydroxyl groups is 1. The molecule has 2 aromatic carbocycles. The largest absolute Gasteiger partial charge is 0.395 e. The normalized spacial score (nSPS) is 21.1. The van der Waals surface area contributed by atoms with Gasteiger partial charge < -0.3 is 5.11 Å². The summed E-state index contributed by atoms with van der Waals surface area (Å²) in [6.07, 6.45) is 0.916. The van der Waals surface area contributed by atoms with Crippen LogP contribution in [0.2, 0.25) is 0 Å². The lowest BCUT2D eigenvalue weighted by atomic mass is 9.95. The maximum Gasteiger partial charge on any atom is 0.124 e. The molecule has 0 radical (unpaired) electrons. The number of benzene rings is 2. The summed E-state index contributed by atoms with van der Waals surface area (Å²) in [5, 5.41) is 9.17. The second-order valence-electron chi connectivity index (χ2n) is 7.22. The Labute approximate surface area is 158 Å². The standard InChI is InChI=1S/C21H25FN2OS/c1-15-2-5-20-18(12-15)19(24-8-6-23(7-9-24)10-11-25)13-16-3-4-17(22)14-21(16)26-20/h2-5,12,14,19,25H,6-11,13H2,1H3. The van der Waals surface area contributed by atoms with Crippen molar-refractivity contribution in [2.45, 2.75) is 29.2 Å². The van der Waals surface area contributed by atoms with Gasteiger partial charge >= 0.3 is 0 Å². The summed E-state index contributed by atoms with van der Waals surface area (Å²) in [7, 11) is 0. The molecule has 0 amide bonds. The Bertz CT molecular complexity index is 790. The van der Waals surface area contributed by atoms with Crippen molar-refractivity contribution in [3.8, 4) is 0 Å². The molecule has 1 atom stereocenters. The fourth-order valence-electron chi connectivity index (χ4n) is 4.02. The van der Waals surface area contributed by atoms with Gasteiger partial charge in [-0.25, -0.2) is 4.39 Å². The van der Waals surface area contributed by atoms with Crippen LogP contribution in [0.4, 0.5) is 4.39 Å². The van der Waals surface area contributed by atoms with E-state index in [9.17, 15) is 9.50 Å². The SMILES string of the molecule is Cc1ccc2c(c1)C(N1CCN(CCO)CC1)Cc1ccc(F)cc1S2. The highest BCUT2D eigenvalue weighted by molar-refractivity contribution is 7.99. The molecule has 1 saturated heterocycles. The van der Waals surface area contributed by atoms with Crippen LogP contribution in [-0.4, -0.2) is 54.2 Å². The van der Waals surface area contributed by atoms with Gasteiger partial charge in [0.05, 0.1) is 6.61 Å². The van der Waals surface area contributed by atoms with Crippen molar-refractivity contribution in [2.24, 2.45) is 0 Å². The molecule has 3 nitrogen and oxygen atoms in total. The molecule has 2 aromatic rings. The minimum atomic E-state index is -0.166. The minimum absolute atomic E-state index is 0.166. The third-order valence-electron chi connectivity index (χ3n) is 5.45. The lowest BCUT2D eigenvalue weighted by molar-refractivity contribution is 0.0823. The molecule has 2 heterocycles. The quantitative estimate of drug-likeness (QED) is 0.892. The minimum Gasteiger partial charge on any atom is -0.395 e. The van der Waals surface area contributed by atoms with Crippen LogP contribution in [-0.2, 0) is 6.42 Å². The molecule has 0 aromatic heterocycles. The van der Waals surface area contributed by atoms with Crippen LogP contribution in [0.25, 0.3) is 0 Å². The summed E-state index contributed by atoms with van der Waals surface area (Å²) in [5.74, 6) is -0.166. The van der Waals surface area contributed by atoms with Crippen molar-refractivity contribution < 1.29 is 9.50 Å². The fourth-order valence-corrected chi connectivity index (χ4v) is 5.16. The molecular weight excluding hydrogens is 347 g/mol. The van der Waals surface area contributed by atoms with E-state index >= 15 is 0 Å². The van der Waals surface area contributed by atoms with Gasteiger partial charge in [-0.15, -0.1) is 0 Å². The molecule has 0 bridgehead atoms. The second kappa shape index (κ2) is 7.69. The molecule has 4 rings (SSSR count). The first-order valence-electron chi connectivity index (χ1n) is 9.28. The molecular formula is C21H25FN2OS. The Morgan fingerprint density at radius 2 is 1.88 bits per heavy atom. The number of rotatable bonds is 3. The van der Waals surface area contributed by atoms with Crippen LogP contribution in [0.3, 0.4) is 0 Å². The van der Waals surface area contributed by atoms with Gasteiger partial charge in [0.25, 0.3) is 0 Å². The molecule has 0 saturated carbocycles. The lowest BCUT2D eigenvalue weighted by Crippen LogP contribution is -2.48. The molecule has 2 aliphatic heterocycles. The molecule has 2 aliphatic rings. The summed E-state index contributed by atoms with van der Waals surface area (Å²) >= 11 is 1.69. The monoisotopic (exact) mass is 372 g/mol. The van der Waals surface area contributed by atoms with Crippen LogP contribution in [0, 0.1) is 12.7 Å². The number of nitrogens with zero attached hydrogens (tertiary/aromatic N) is 2. The van der Waals surface area contributed by atoms with E-state index in [0.717, 1.165) is 44.0 Å². The van der Waals surface area contributed by atoms with E-state index in [1.54, 1.807) is 23.9 Å². The number of hydrogen-bond donors (Lipinski definition) is 1. The summed E-state index contributed by atoms with van der Waals surface area (Å²) in [6, 6.07) is 12.2. The number of fused-ring (bicyclic) bond motifs is 2. The summed E-state index contributed by atoms with van der Waals surface area (Å²) < 4.78 is 13.8. The molecule has 26 heavy (non-hydrogen) atoms. The molecule has 1 unspecified atom stereocenters. The van der Waals surface area contributed by atoms with Crippen LogP contribution in [0.15, 0.2) is 46.2 Å². The summed E-state index contributed by atoms with van der Waals surface area (Å²) in [6.45, 7) is 7.09. The van der Waals surface area contributed by atoms with Crippen molar-refractivity contribution in [3.63, 3.8) is 0 Å². The first-order chi connectivity index (χ1) is 12.6. The predicted molar refractivity (Wildman–Crippen MR) is 103 cm³/mol. The third kappa shape index (κ3) is 3.67. The van der Waals surface area contributed by atoms with Gasteiger partial charge in [0.1, 0.15) is 5.82 Å². The second-order valence-corrected chi connectivity index (χ2v) is 8.30. The Morgan fingerprint density at radius 3 is 2.65 bits per heavy atom. The Morgan fingerprint density at radius 1 is 1.08 bits per heavy atom. The average molecular weight is 373 g/mol. The molecule has 0 spiro atoms. The number of hydrogen-bond acceptors (Lipinski definition) is 4. The van der Waals surface area contributed by atoms with E-state index in [-0.39, 0.29) is 12.4 Å². The Balaban J connectivity index is 1.67. The van der Waals surface area contributed by atoms with Gasteiger partial charge in [0.2, 0.25) is 0 Å². The number of halogens is 1. The average Bonchev–Trinajstić information content (AvgIpc) is 2.79. The first kappa shape index (κ1) is 18.0. The zero-order valence-corrected chi connectivity index (χ0v) is 15.9. The summed E-state index contributed by atoms with van der Waals surface area (Å²) in [5.41, 5.74) is 3.86. The Kier molecular flexibility index (Phi) is 5.32. The van der Waals surface area contributed by atoms with Gasteiger partial charge in [-0.2, -0.15) is 0 Å². The Hall–Kier alpha value is -1.40. The van der Waals surface area contributed by atoms with Crippen LogP contribution >= 0.6 is 11.8 Å². The van der Waals surface area contributed by atoms with Gasteiger partial charge in [-0.05, 0) is 42.7 Å². The van der Waals surface area contributed by atoms with Crippen molar-refractivity contribution in [1.29, 1.82) is 0 Å². The summed E-state index contributed by atoms with van der Waals surface area (Å²) in [4.78, 5) is 7.16. The van der Waals surface area contributed by atoms with Crippen molar-refractivity contribution in [3.05, 3.63) is 58.9 Å². The smallest absolute Gasteiger partial charge is 0.124 e. The fraction of sp³-hybridized carbons (Fsp3) is 0.429. The first-order valence-corrected chi connectivity index (χ1v) is 10.1. The van der Waals surface area contributed by atoms with E-state index in [1.807, 2.05) is 6.07 Å². The maximum atomic E-state index is 13.8. The van der Waals surface area contributed by atoms with Crippen LogP contribution in [0.1, 0.15) is 22.7 Å². The maximum absolute atomic E-state index is 13.8. The lowest BCUT2D eigenvalue weighted by Gasteiger charge is -2.39. The van der Waals surface area contributed by atoms with Crippen LogP contribution in [0.5, 0.6) is 0 Å². The van der Waals surface area contributed by atoms with Crippen molar-refractivity contribution in [1.82, 2.24) is 9.80 Å². The highest BCUT2D eigenvalue weighted by Gasteiger charge is 2.30.